The van der Waals surface area contributed by atoms with Crippen molar-refractivity contribution in [1.82, 2.24) is 14.8 Å². The summed E-state index contributed by atoms with van der Waals surface area (Å²) in [6.45, 7) is 0.793. The van der Waals surface area contributed by atoms with Crippen molar-refractivity contribution in [2.45, 2.75) is 26.0 Å². The smallest absolute Gasteiger partial charge is 0.310 e. The van der Waals surface area contributed by atoms with Crippen molar-refractivity contribution in [2.24, 2.45) is 5.92 Å². The quantitative estimate of drug-likeness (QED) is 0.780. The standard InChI is InChI=1S/C16H19N3O4/c1-21-12-5-3-4-6-13(12)23-10-15-18-17-14-8-7-11(9-19(14)15)16(20)22-2/h3-6,11H,7-10H2,1-2H3. The van der Waals surface area contributed by atoms with E-state index < -0.39 is 0 Å². The van der Waals surface area contributed by atoms with E-state index in [9.17, 15) is 4.79 Å². The summed E-state index contributed by atoms with van der Waals surface area (Å²) in [5.74, 6) is 2.53. The number of hydrogen-bond acceptors (Lipinski definition) is 6. The van der Waals surface area contributed by atoms with Crippen molar-refractivity contribution in [3.63, 3.8) is 0 Å². The second-order valence-electron chi connectivity index (χ2n) is 5.34. The minimum atomic E-state index is -0.194. The largest absolute Gasteiger partial charge is 0.493 e. The fourth-order valence-corrected chi connectivity index (χ4v) is 2.73. The number of carbonyl (C=O) groups is 1. The summed E-state index contributed by atoms with van der Waals surface area (Å²) in [5.41, 5.74) is 0. The molecule has 2 aromatic rings. The molecule has 0 spiro atoms. The maximum atomic E-state index is 11.7. The Morgan fingerprint density at radius 3 is 2.78 bits per heavy atom. The molecule has 0 N–H and O–H groups in total. The molecule has 0 saturated carbocycles. The van der Waals surface area contributed by atoms with Crippen molar-refractivity contribution >= 4 is 5.97 Å². The van der Waals surface area contributed by atoms with Gasteiger partial charge in [0, 0.05) is 13.0 Å². The number of aromatic nitrogens is 3. The number of carbonyl (C=O) groups excluding carboxylic acids is 1. The fourth-order valence-electron chi connectivity index (χ4n) is 2.73. The van der Waals surface area contributed by atoms with E-state index >= 15 is 0 Å². The Kier molecular flexibility index (Phi) is 4.45. The maximum absolute atomic E-state index is 11.7. The first kappa shape index (κ1) is 15.3. The molecule has 23 heavy (non-hydrogen) atoms. The highest BCUT2D eigenvalue weighted by molar-refractivity contribution is 5.72. The van der Waals surface area contributed by atoms with Crippen molar-refractivity contribution in [2.75, 3.05) is 14.2 Å². The zero-order valence-corrected chi connectivity index (χ0v) is 13.2. The third-order valence-electron chi connectivity index (χ3n) is 3.98. The summed E-state index contributed by atoms with van der Waals surface area (Å²) >= 11 is 0. The van der Waals surface area contributed by atoms with E-state index in [2.05, 4.69) is 10.2 Å². The van der Waals surface area contributed by atoms with Crippen LogP contribution in [0.1, 0.15) is 18.1 Å². The number of methoxy groups -OCH3 is 2. The van der Waals surface area contributed by atoms with Crippen LogP contribution in [-0.4, -0.2) is 35.0 Å². The van der Waals surface area contributed by atoms with Gasteiger partial charge < -0.3 is 18.8 Å². The van der Waals surface area contributed by atoms with Crippen molar-refractivity contribution in [3.05, 3.63) is 35.9 Å². The Hall–Kier alpha value is -2.57. The molecule has 3 rings (SSSR count). The zero-order valence-electron chi connectivity index (χ0n) is 13.2. The zero-order chi connectivity index (χ0) is 16.2. The van der Waals surface area contributed by atoms with Crippen LogP contribution in [0.5, 0.6) is 11.5 Å². The topological polar surface area (TPSA) is 75.5 Å². The summed E-state index contributed by atoms with van der Waals surface area (Å²) in [4.78, 5) is 11.7. The molecule has 7 heteroatoms. The summed E-state index contributed by atoms with van der Waals surface area (Å²) in [7, 11) is 3.01. The lowest BCUT2D eigenvalue weighted by Gasteiger charge is -2.22. The SMILES string of the molecule is COC(=O)C1CCc2nnc(COc3ccccc3OC)n2C1. The van der Waals surface area contributed by atoms with Crippen LogP contribution in [0.2, 0.25) is 0 Å². The average molecular weight is 317 g/mol. The Bertz CT molecular complexity index is 698. The van der Waals surface area contributed by atoms with Gasteiger partial charge in [0.2, 0.25) is 0 Å². The molecular weight excluding hydrogens is 298 g/mol. The van der Waals surface area contributed by atoms with Crippen LogP contribution < -0.4 is 9.47 Å². The number of fused-ring (bicyclic) bond motifs is 1. The first-order valence-corrected chi connectivity index (χ1v) is 7.47. The Morgan fingerprint density at radius 2 is 2.04 bits per heavy atom. The third kappa shape index (κ3) is 3.13. The van der Waals surface area contributed by atoms with Gasteiger partial charge in [-0.2, -0.15) is 0 Å². The van der Waals surface area contributed by atoms with Crippen molar-refractivity contribution < 1.29 is 19.0 Å². The molecule has 1 aromatic carbocycles. The van der Waals surface area contributed by atoms with Gasteiger partial charge in [-0.05, 0) is 18.6 Å². The predicted molar refractivity (Wildman–Crippen MR) is 81.2 cm³/mol. The summed E-state index contributed by atoms with van der Waals surface area (Å²) < 4.78 is 17.8. The van der Waals surface area contributed by atoms with E-state index in [4.69, 9.17) is 14.2 Å². The normalized spacial score (nSPS) is 16.5. The van der Waals surface area contributed by atoms with Gasteiger partial charge in [-0.25, -0.2) is 0 Å². The lowest BCUT2D eigenvalue weighted by atomic mass is 9.99. The first-order chi connectivity index (χ1) is 11.2. The lowest BCUT2D eigenvalue weighted by Crippen LogP contribution is -2.29. The minimum Gasteiger partial charge on any atom is -0.493 e. The molecule has 0 radical (unpaired) electrons. The van der Waals surface area contributed by atoms with Crippen LogP contribution in [0.3, 0.4) is 0 Å². The van der Waals surface area contributed by atoms with E-state index in [0.717, 1.165) is 12.2 Å². The van der Waals surface area contributed by atoms with E-state index in [1.165, 1.54) is 7.11 Å². The van der Waals surface area contributed by atoms with Gasteiger partial charge in [-0.3, -0.25) is 4.79 Å². The Morgan fingerprint density at radius 1 is 1.26 bits per heavy atom. The van der Waals surface area contributed by atoms with Gasteiger partial charge in [-0.1, -0.05) is 12.1 Å². The van der Waals surface area contributed by atoms with Gasteiger partial charge in [0.1, 0.15) is 12.4 Å². The van der Waals surface area contributed by atoms with E-state index in [-0.39, 0.29) is 18.5 Å². The molecule has 122 valence electrons. The van der Waals surface area contributed by atoms with Gasteiger partial charge in [0.15, 0.2) is 17.3 Å². The van der Waals surface area contributed by atoms with E-state index in [1.807, 2.05) is 28.8 Å². The summed E-state index contributed by atoms with van der Waals surface area (Å²) in [6.07, 6.45) is 1.44. The van der Waals surface area contributed by atoms with Crippen molar-refractivity contribution in [3.8, 4) is 11.5 Å². The number of hydrogen-bond donors (Lipinski definition) is 0. The molecule has 2 heterocycles. The molecule has 0 amide bonds. The first-order valence-electron chi connectivity index (χ1n) is 7.47. The number of benzene rings is 1. The fraction of sp³-hybridized carbons (Fsp3) is 0.438. The van der Waals surface area contributed by atoms with Crippen LogP contribution >= 0.6 is 0 Å². The molecule has 0 saturated heterocycles. The molecule has 7 nitrogen and oxygen atoms in total. The van der Waals surface area contributed by atoms with Crippen LogP contribution in [0.4, 0.5) is 0 Å². The van der Waals surface area contributed by atoms with Gasteiger partial charge >= 0.3 is 5.97 Å². The molecular formula is C16H19N3O4. The molecule has 1 aliphatic rings. The van der Waals surface area contributed by atoms with Crippen LogP contribution in [-0.2, 0) is 29.1 Å². The molecule has 0 bridgehead atoms. The van der Waals surface area contributed by atoms with Gasteiger partial charge in [0.05, 0.1) is 20.1 Å². The van der Waals surface area contributed by atoms with E-state index in [1.54, 1.807) is 7.11 Å². The van der Waals surface area contributed by atoms with Gasteiger partial charge in [0.25, 0.3) is 0 Å². The molecule has 0 aliphatic carbocycles. The van der Waals surface area contributed by atoms with Crippen LogP contribution in [0.15, 0.2) is 24.3 Å². The third-order valence-corrected chi connectivity index (χ3v) is 3.98. The van der Waals surface area contributed by atoms with Crippen LogP contribution in [0, 0.1) is 5.92 Å². The molecule has 0 fully saturated rings. The predicted octanol–water partition coefficient (Wildman–Crippen LogP) is 1.60. The minimum absolute atomic E-state index is 0.159. The molecule has 1 aromatic heterocycles. The number of aryl methyl sites for hydroxylation is 1. The number of rotatable bonds is 5. The number of nitrogens with zero attached hydrogens (tertiary/aromatic N) is 3. The summed E-state index contributed by atoms with van der Waals surface area (Å²) in [6, 6.07) is 7.43. The molecule has 1 atom stereocenters. The highest BCUT2D eigenvalue weighted by Crippen LogP contribution is 2.27. The van der Waals surface area contributed by atoms with E-state index in [0.29, 0.717) is 30.3 Å². The van der Waals surface area contributed by atoms with Crippen LogP contribution in [0.25, 0.3) is 0 Å². The molecule has 1 aliphatic heterocycles. The van der Waals surface area contributed by atoms with Crippen molar-refractivity contribution in [1.29, 1.82) is 0 Å². The Balaban J connectivity index is 1.73. The highest BCUT2D eigenvalue weighted by atomic mass is 16.5. The number of esters is 1. The monoisotopic (exact) mass is 317 g/mol. The maximum Gasteiger partial charge on any atom is 0.310 e. The Labute approximate surface area is 134 Å². The second kappa shape index (κ2) is 6.68. The summed E-state index contributed by atoms with van der Waals surface area (Å²) in [5, 5.41) is 8.36. The highest BCUT2D eigenvalue weighted by Gasteiger charge is 2.28. The average Bonchev–Trinajstić information content (AvgIpc) is 3.01. The number of para-hydroxylation sites is 2. The number of ether oxygens (including phenoxy) is 3. The molecule has 1 unspecified atom stereocenters. The lowest BCUT2D eigenvalue weighted by molar-refractivity contribution is -0.146. The van der Waals surface area contributed by atoms with Gasteiger partial charge in [-0.15, -0.1) is 10.2 Å². The second-order valence-corrected chi connectivity index (χ2v) is 5.34.